The fraction of sp³-hybridized carbons (Fsp3) is 0.357. The lowest BCUT2D eigenvalue weighted by atomic mass is 10.1. The third-order valence-electron chi connectivity index (χ3n) is 3.19. The second kappa shape index (κ2) is 4.09. The predicted molar refractivity (Wildman–Crippen MR) is 78.3 cm³/mol. The van der Waals surface area contributed by atoms with E-state index in [0.717, 1.165) is 11.3 Å². The summed E-state index contributed by atoms with van der Waals surface area (Å²) in [6.07, 6.45) is 0. The Labute approximate surface area is 118 Å². The average Bonchev–Trinajstić information content (AvgIpc) is 2.70. The second-order valence-electron chi connectivity index (χ2n) is 6.06. The fourth-order valence-corrected chi connectivity index (χ4v) is 4.01. The van der Waals surface area contributed by atoms with Crippen molar-refractivity contribution in [2.75, 3.05) is 5.32 Å². The van der Waals surface area contributed by atoms with Crippen LogP contribution >= 0.6 is 0 Å². The second-order valence-corrected chi connectivity index (χ2v) is 8.01. The molecule has 0 unspecified atom stereocenters. The molecule has 0 spiro atoms. The minimum atomic E-state index is -3.30. The SMILES string of the molecule is CC(C)(C)Nc1n[nH]c2c1CS(=O)(=O)c1ccccc1-2. The molecule has 6 heteroatoms. The highest BCUT2D eigenvalue weighted by molar-refractivity contribution is 7.90. The van der Waals surface area contributed by atoms with Crippen LogP contribution in [0.5, 0.6) is 0 Å². The monoisotopic (exact) mass is 291 g/mol. The first-order valence-corrected chi connectivity index (χ1v) is 8.11. The number of benzene rings is 1. The zero-order valence-electron chi connectivity index (χ0n) is 11.7. The number of aromatic amines is 1. The zero-order valence-corrected chi connectivity index (χ0v) is 12.5. The third-order valence-corrected chi connectivity index (χ3v) is 4.88. The summed E-state index contributed by atoms with van der Waals surface area (Å²) in [5.74, 6) is 0.597. The Kier molecular flexibility index (Phi) is 2.69. The van der Waals surface area contributed by atoms with Gasteiger partial charge >= 0.3 is 0 Å². The molecule has 1 aliphatic heterocycles. The van der Waals surface area contributed by atoms with Crippen molar-refractivity contribution in [1.29, 1.82) is 0 Å². The topological polar surface area (TPSA) is 74.8 Å². The van der Waals surface area contributed by atoms with Crippen molar-refractivity contribution in [2.24, 2.45) is 0 Å². The summed E-state index contributed by atoms with van der Waals surface area (Å²) in [6.45, 7) is 6.04. The number of anilines is 1. The predicted octanol–water partition coefficient (Wildman–Crippen LogP) is 2.57. The Hall–Kier alpha value is -1.82. The van der Waals surface area contributed by atoms with Crippen LogP contribution in [0.15, 0.2) is 29.2 Å². The van der Waals surface area contributed by atoms with Gasteiger partial charge in [0.2, 0.25) is 0 Å². The molecule has 0 saturated carbocycles. The van der Waals surface area contributed by atoms with Gasteiger partial charge in [-0.15, -0.1) is 0 Å². The molecule has 2 aromatic rings. The number of aromatic nitrogens is 2. The molecule has 1 aromatic carbocycles. The first-order valence-electron chi connectivity index (χ1n) is 6.45. The van der Waals surface area contributed by atoms with Crippen LogP contribution in [-0.2, 0) is 15.6 Å². The minimum absolute atomic E-state index is 0.0196. The van der Waals surface area contributed by atoms with E-state index in [2.05, 4.69) is 15.5 Å². The number of sulfone groups is 1. The molecule has 20 heavy (non-hydrogen) atoms. The van der Waals surface area contributed by atoms with E-state index in [-0.39, 0.29) is 11.3 Å². The van der Waals surface area contributed by atoms with Gasteiger partial charge in [-0.1, -0.05) is 18.2 Å². The lowest BCUT2D eigenvalue weighted by molar-refractivity contribution is 0.594. The normalized spacial score (nSPS) is 16.4. The maximum atomic E-state index is 12.4. The van der Waals surface area contributed by atoms with Crippen molar-refractivity contribution in [3.05, 3.63) is 29.8 Å². The molecule has 106 valence electrons. The molecule has 0 aliphatic carbocycles. The van der Waals surface area contributed by atoms with Crippen LogP contribution in [0.1, 0.15) is 26.3 Å². The summed E-state index contributed by atoms with van der Waals surface area (Å²) in [5.41, 5.74) is 2.04. The lowest BCUT2D eigenvalue weighted by Gasteiger charge is -2.22. The smallest absolute Gasteiger partial charge is 0.183 e. The largest absolute Gasteiger partial charge is 0.364 e. The van der Waals surface area contributed by atoms with E-state index >= 15 is 0 Å². The number of hydrogen-bond acceptors (Lipinski definition) is 4. The van der Waals surface area contributed by atoms with E-state index in [1.807, 2.05) is 32.9 Å². The van der Waals surface area contributed by atoms with Gasteiger partial charge < -0.3 is 5.32 Å². The van der Waals surface area contributed by atoms with Crippen LogP contribution in [0.25, 0.3) is 11.3 Å². The molecule has 1 aromatic heterocycles. The van der Waals surface area contributed by atoms with Crippen LogP contribution in [0, 0.1) is 0 Å². The van der Waals surface area contributed by atoms with Crippen LogP contribution in [0.4, 0.5) is 5.82 Å². The van der Waals surface area contributed by atoms with Gasteiger partial charge in [0.1, 0.15) is 0 Å². The Morgan fingerprint density at radius 2 is 1.95 bits per heavy atom. The van der Waals surface area contributed by atoms with E-state index in [9.17, 15) is 8.42 Å². The molecule has 1 aliphatic rings. The summed E-state index contributed by atoms with van der Waals surface area (Å²) in [4.78, 5) is 0.374. The minimum Gasteiger partial charge on any atom is -0.364 e. The van der Waals surface area contributed by atoms with Gasteiger partial charge in [-0.3, -0.25) is 5.10 Å². The number of hydrogen-bond donors (Lipinski definition) is 2. The molecule has 5 nitrogen and oxygen atoms in total. The Bertz CT molecular complexity index is 770. The van der Waals surface area contributed by atoms with Gasteiger partial charge in [0.15, 0.2) is 15.7 Å². The van der Waals surface area contributed by atoms with Gasteiger partial charge in [0.05, 0.1) is 16.3 Å². The highest BCUT2D eigenvalue weighted by Crippen LogP contribution is 2.39. The van der Waals surface area contributed by atoms with Crippen LogP contribution in [0.2, 0.25) is 0 Å². The Morgan fingerprint density at radius 1 is 1.25 bits per heavy atom. The van der Waals surface area contributed by atoms with Crippen molar-refractivity contribution in [3.8, 4) is 11.3 Å². The average molecular weight is 291 g/mol. The first kappa shape index (κ1) is 13.2. The number of nitrogens with zero attached hydrogens (tertiary/aromatic N) is 1. The van der Waals surface area contributed by atoms with Gasteiger partial charge in [-0.2, -0.15) is 5.10 Å². The summed E-state index contributed by atoms with van der Waals surface area (Å²) >= 11 is 0. The molecule has 0 fully saturated rings. The molecule has 2 N–H and O–H groups in total. The molecule has 2 heterocycles. The van der Waals surface area contributed by atoms with Gasteiger partial charge in [-0.05, 0) is 26.8 Å². The van der Waals surface area contributed by atoms with Gasteiger partial charge in [0, 0.05) is 16.7 Å². The first-order chi connectivity index (χ1) is 9.28. The Morgan fingerprint density at radius 3 is 2.65 bits per heavy atom. The van der Waals surface area contributed by atoms with Crippen molar-refractivity contribution in [2.45, 2.75) is 37.0 Å². The van der Waals surface area contributed by atoms with Crippen LogP contribution in [0.3, 0.4) is 0 Å². The maximum absolute atomic E-state index is 12.4. The highest BCUT2D eigenvalue weighted by Gasteiger charge is 2.32. The quantitative estimate of drug-likeness (QED) is 0.847. The molecule has 0 saturated heterocycles. The number of fused-ring (bicyclic) bond motifs is 3. The van der Waals surface area contributed by atoms with Crippen LogP contribution < -0.4 is 5.32 Å². The van der Waals surface area contributed by atoms with E-state index in [4.69, 9.17) is 0 Å². The summed E-state index contributed by atoms with van der Waals surface area (Å²) in [5, 5.41) is 10.5. The third kappa shape index (κ3) is 2.10. The van der Waals surface area contributed by atoms with E-state index < -0.39 is 9.84 Å². The number of H-pyrrole nitrogens is 1. The molecular weight excluding hydrogens is 274 g/mol. The lowest BCUT2D eigenvalue weighted by Crippen LogP contribution is -2.27. The van der Waals surface area contributed by atoms with E-state index in [0.29, 0.717) is 16.3 Å². The molecule has 0 atom stereocenters. The Balaban J connectivity index is 2.19. The van der Waals surface area contributed by atoms with Crippen molar-refractivity contribution < 1.29 is 8.42 Å². The van der Waals surface area contributed by atoms with Crippen LogP contribution in [-0.4, -0.2) is 24.2 Å². The van der Waals surface area contributed by atoms with Gasteiger partial charge in [0.25, 0.3) is 0 Å². The molecule has 3 rings (SSSR count). The van der Waals surface area contributed by atoms with E-state index in [1.54, 1.807) is 12.1 Å². The summed E-state index contributed by atoms with van der Waals surface area (Å²) < 4.78 is 24.8. The van der Waals surface area contributed by atoms with Gasteiger partial charge in [-0.25, -0.2) is 8.42 Å². The maximum Gasteiger partial charge on any atom is 0.183 e. The number of rotatable bonds is 1. The van der Waals surface area contributed by atoms with Crippen molar-refractivity contribution in [1.82, 2.24) is 10.2 Å². The highest BCUT2D eigenvalue weighted by atomic mass is 32.2. The fourth-order valence-electron chi connectivity index (χ4n) is 2.40. The molecule has 0 bridgehead atoms. The molecule has 0 radical (unpaired) electrons. The number of nitrogens with one attached hydrogen (secondary N) is 2. The van der Waals surface area contributed by atoms with Crippen molar-refractivity contribution in [3.63, 3.8) is 0 Å². The summed E-state index contributed by atoms with van der Waals surface area (Å²) in [6, 6.07) is 7.03. The molecule has 0 amide bonds. The van der Waals surface area contributed by atoms with E-state index in [1.165, 1.54) is 0 Å². The van der Waals surface area contributed by atoms with Crippen molar-refractivity contribution >= 4 is 15.7 Å². The molecular formula is C14H17N3O2S. The standard InChI is InChI=1S/C14H17N3O2S/c1-14(2,3)15-13-10-8-20(18,19)11-7-5-4-6-9(11)12(10)16-17-13/h4-7H,8H2,1-3H3,(H2,15,16,17). The summed E-state index contributed by atoms with van der Waals surface area (Å²) in [7, 11) is -3.30. The zero-order chi connectivity index (χ0) is 14.5.